The normalized spacial score (nSPS) is 34.3. The number of allylic oxidation sites excluding steroid dienone is 1. The molecule has 0 N–H and O–H groups in total. The first-order valence-electron chi connectivity index (χ1n) is 5.33. The van der Waals surface area contributed by atoms with E-state index in [1.807, 2.05) is 5.57 Å². The van der Waals surface area contributed by atoms with Crippen LogP contribution in [0.1, 0.15) is 38.5 Å². The molecule has 0 spiro atoms. The maximum absolute atomic E-state index is 4.74. The zero-order valence-electron chi connectivity index (χ0n) is 9.13. The molecular formula is C12H19NY-2. The maximum atomic E-state index is 4.74. The fraction of sp³-hybridized carbons (Fsp3) is 0.750. The summed E-state index contributed by atoms with van der Waals surface area (Å²) in [5.74, 6) is 0.888. The smallest absolute Gasteiger partial charge is 0 e. The Hall–Kier alpha value is 0.804. The minimum absolute atomic E-state index is 0. The molecule has 0 bridgehead atoms. The van der Waals surface area contributed by atoms with Gasteiger partial charge in [-0.15, -0.1) is 12.6 Å². The first-order valence-corrected chi connectivity index (χ1v) is 5.33. The molecule has 1 heterocycles. The van der Waals surface area contributed by atoms with Crippen LogP contribution in [0.5, 0.6) is 0 Å². The van der Waals surface area contributed by atoms with E-state index in [9.17, 15) is 0 Å². The molecule has 0 saturated carbocycles. The molecule has 1 nitrogen and oxygen atoms in total. The van der Waals surface area contributed by atoms with Crippen LogP contribution in [0.15, 0.2) is 11.1 Å². The van der Waals surface area contributed by atoms with E-state index in [1.165, 1.54) is 38.5 Å². The number of rotatable bonds is 0. The van der Waals surface area contributed by atoms with Crippen LogP contribution in [-0.4, -0.2) is 12.6 Å². The Kier molecular flexibility index (Phi) is 4.81. The average molecular weight is 266 g/mol. The molecular weight excluding hydrogens is 247 g/mol. The van der Waals surface area contributed by atoms with E-state index < -0.39 is 0 Å². The van der Waals surface area contributed by atoms with Crippen molar-refractivity contribution in [3.63, 3.8) is 0 Å². The van der Waals surface area contributed by atoms with Gasteiger partial charge in [-0.3, -0.25) is 0 Å². The first kappa shape index (κ1) is 12.9. The predicted molar refractivity (Wildman–Crippen MR) is 56.6 cm³/mol. The molecule has 1 fully saturated rings. The molecule has 0 aromatic rings. The van der Waals surface area contributed by atoms with Crippen molar-refractivity contribution in [1.82, 2.24) is 0 Å². The third-order valence-corrected chi connectivity index (χ3v) is 3.74. The van der Waals surface area contributed by atoms with Gasteiger partial charge in [-0.1, -0.05) is 24.0 Å². The van der Waals surface area contributed by atoms with E-state index in [0.717, 1.165) is 12.5 Å². The van der Waals surface area contributed by atoms with Crippen molar-refractivity contribution in [2.75, 3.05) is 6.54 Å². The summed E-state index contributed by atoms with van der Waals surface area (Å²) in [6.07, 6.45) is 8.43. The SMILES string of the molecule is C1CC2=C3C(C1)C[N-]C3CCC2.[CH3-].[Y]. The summed E-state index contributed by atoms with van der Waals surface area (Å²) in [4.78, 5) is 0. The van der Waals surface area contributed by atoms with Crippen molar-refractivity contribution < 1.29 is 32.7 Å². The summed E-state index contributed by atoms with van der Waals surface area (Å²) in [6.45, 7) is 1.16. The summed E-state index contributed by atoms with van der Waals surface area (Å²) in [5, 5.41) is 4.74. The molecule has 77 valence electrons. The zero-order chi connectivity index (χ0) is 7.97. The van der Waals surface area contributed by atoms with E-state index in [2.05, 4.69) is 0 Å². The van der Waals surface area contributed by atoms with Crippen molar-refractivity contribution in [1.29, 1.82) is 0 Å². The molecule has 3 aliphatic rings. The summed E-state index contributed by atoms with van der Waals surface area (Å²) < 4.78 is 0. The van der Waals surface area contributed by atoms with E-state index in [1.54, 1.807) is 5.57 Å². The van der Waals surface area contributed by atoms with Gasteiger partial charge in [0, 0.05) is 32.7 Å². The second kappa shape index (κ2) is 5.23. The summed E-state index contributed by atoms with van der Waals surface area (Å²) >= 11 is 0. The molecule has 3 rings (SSSR count). The number of nitrogens with zero attached hydrogens (tertiary/aromatic N) is 1. The van der Waals surface area contributed by atoms with Crippen molar-refractivity contribution in [3.05, 3.63) is 23.9 Å². The van der Waals surface area contributed by atoms with E-state index in [0.29, 0.717) is 6.04 Å². The van der Waals surface area contributed by atoms with Crippen LogP contribution < -0.4 is 0 Å². The molecule has 2 atom stereocenters. The van der Waals surface area contributed by atoms with Gasteiger partial charge in [0.05, 0.1) is 0 Å². The van der Waals surface area contributed by atoms with Crippen molar-refractivity contribution >= 4 is 0 Å². The molecule has 1 saturated heterocycles. The van der Waals surface area contributed by atoms with Gasteiger partial charge in [-0.05, 0) is 31.6 Å². The number of hydrogen-bond donors (Lipinski definition) is 0. The van der Waals surface area contributed by atoms with E-state index >= 15 is 0 Å². The zero-order valence-corrected chi connectivity index (χ0v) is 12.0. The monoisotopic (exact) mass is 266 g/mol. The summed E-state index contributed by atoms with van der Waals surface area (Å²) in [5.41, 5.74) is 3.61. The second-order valence-electron chi connectivity index (χ2n) is 4.42. The van der Waals surface area contributed by atoms with Gasteiger partial charge in [0.25, 0.3) is 0 Å². The fourth-order valence-electron chi connectivity index (χ4n) is 3.23. The molecule has 1 radical (unpaired) electrons. The Balaban J connectivity index is 0.000000490. The summed E-state index contributed by atoms with van der Waals surface area (Å²) in [6, 6.07) is 0.680. The largest absolute Gasteiger partial charge is 0.655 e. The van der Waals surface area contributed by atoms with Crippen LogP contribution in [0.3, 0.4) is 0 Å². The van der Waals surface area contributed by atoms with Gasteiger partial charge in [-0.2, -0.15) is 0 Å². The Morgan fingerprint density at radius 1 is 1.07 bits per heavy atom. The fourth-order valence-corrected chi connectivity index (χ4v) is 3.23. The topological polar surface area (TPSA) is 14.1 Å². The van der Waals surface area contributed by atoms with Crippen LogP contribution in [0, 0.1) is 13.3 Å². The Bertz CT molecular complexity index is 212. The first-order chi connectivity index (χ1) is 5.95. The van der Waals surface area contributed by atoms with Gasteiger partial charge in [-0.25, -0.2) is 0 Å². The van der Waals surface area contributed by atoms with Gasteiger partial charge in [0.2, 0.25) is 0 Å². The second-order valence-corrected chi connectivity index (χ2v) is 4.42. The molecule has 0 amide bonds. The molecule has 1 aliphatic heterocycles. The standard InChI is InChI=1S/C11H16N.CH3.Y/c1-3-8-4-2-6-10-11(8)9(5-1)7-12-10;;/h9-10H,1-7H2;1H3;/q2*-1;. The van der Waals surface area contributed by atoms with Gasteiger partial charge >= 0.3 is 0 Å². The minimum Gasteiger partial charge on any atom is -0.655 e. The van der Waals surface area contributed by atoms with Crippen LogP contribution >= 0.6 is 0 Å². The van der Waals surface area contributed by atoms with Crippen LogP contribution in [-0.2, 0) is 32.7 Å². The van der Waals surface area contributed by atoms with Crippen LogP contribution in [0.4, 0.5) is 0 Å². The van der Waals surface area contributed by atoms with Crippen LogP contribution in [0.25, 0.3) is 5.32 Å². The predicted octanol–water partition coefficient (Wildman–Crippen LogP) is 3.47. The molecule has 0 aromatic heterocycles. The van der Waals surface area contributed by atoms with Crippen molar-refractivity contribution in [3.8, 4) is 0 Å². The number of hydrogen-bond acceptors (Lipinski definition) is 0. The third kappa shape index (κ3) is 2.01. The average Bonchev–Trinajstić information content (AvgIpc) is 2.52. The Labute approximate surface area is 113 Å². The van der Waals surface area contributed by atoms with E-state index in [4.69, 9.17) is 5.32 Å². The Morgan fingerprint density at radius 2 is 1.79 bits per heavy atom. The summed E-state index contributed by atoms with van der Waals surface area (Å²) in [7, 11) is 0. The van der Waals surface area contributed by atoms with Crippen LogP contribution in [0.2, 0.25) is 0 Å². The van der Waals surface area contributed by atoms with Gasteiger partial charge in [0.15, 0.2) is 0 Å². The molecule has 14 heavy (non-hydrogen) atoms. The maximum Gasteiger partial charge on any atom is 0 e. The molecule has 0 aromatic carbocycles. The Morgan fingerprint density at radius 3 is 2.57 bits per heavy atom. The molecule has 2 heteroatoms. The molecule has 2 unspecified atom stereocenters. The van der Waals surface area contributed by atoms with Crippen molar-refractivity contribution in [2.24, 2.45) is 5.92 Å². The quantitative estimate of drug-likeness (QED) is 0.471. The minimum atomic E-state index is 0. The van der Waals surface area contributed by atoms with Gasteiger partial charge < -0.3 is 12.7 Å². The van der Waals surface area contributed by atoms with Gasteiger partial charge in [0.1, 0.15) is 0 Å². The van der Waals surface area contributed by atoms with E-state index in [-0.39, 0.29) is 40.1 Å². The molecule has 2 aliphatic carbocycles. The van der Waals surface area contributed by atoms with Crippen molar-refractivity contribution in [2.45, 2.75) is 44.6 Å². The third-order valence-electron chi connectivity index (χ3n) is 3.74.